The third kappa shape index (κ3) is 5.77. The Morgan fingerprint density at radius 1 is 0.649 bits per heavy atom. The van der Waals surface area contributed by atoms with Gasteiger partial charge in [0.15, 0.2) is 0 Å². The molecule has 1 atom stereocenters. The van der Waals surface area contributed by atoms with Crippen LogP contribution in [0.2, 0.25) is 0 Å². The SMILES string of the molecule is CC(C)(C)c1cccc(C2=CC=CC(Nc3ccc(C(C)(C)C)cc3-c3ccccc3)(C(C)(C)C)C2)c1. The molecule has 0 radical (unpaired) electrons. The third-order valence-corrected chi connectivity index (χ3v) is 7.91. The van der Waals surface area contributed by atoms with Gasteiger partial charge in [-0.05, 0) is 56.2 Å². The van der Waals surface area contributed by atoms with E-state index in [1.54, 1.807) is 0 Å². The second-order valence-corrected chi connectivity index (χ2v) is 13.8. The lowest BCUT2D eigenvalue weighted by Gasteiger charge is -2.46. The molecule has 0 fully saturated rings. The van der Waals surface area contributed by atoms with Crippen molar-refractivity contribution in [1.29, 1.82) is 0 Å². The van der Waals surface area contributed by atoms with E-state index in [-0.39, 0.29) is 21.8 Å². The number of nitrogens with one attached hydrogen (secondary N) is 1. The van der Waals surface area contributed by atoms with Crippen molar-refractivity contribution in [3.05, 3.63) is 108 Å². The summed E-state index contributed by atoms with van der Waals surface area (Å²) in [6.45, 7) is 20.8. The molecule has 194 valence electrons. The lowest BCUT2D eigenvalue weighted by molar-refractivity contribution is 0.268. The lowest BCUT2D eigenvalue weighted by Crippen LogP contribution is -2.49. The summed E-state index contributed by atoms with van der Waals surface area (Å²) in [7, 11) is 0. The van der Waals surface area contributed by atoms with Crippen LogP contribution in [0.5, 0.6) is 0 Å². The quantitative estimate of drug-likeness (QED) is 0.383. The molecule has 0 saturated heterocycles. The van der Waals surface area contributed by atoms with E-state index in [9.17, 15) is 0 Å². The summed E-state index contributed by atoms with van der Waals surface area (Å²) in [4.78, 5) is 0. The fourth-order valence-corrected chi connectivity index (χ4v) is 5.14. The van der Waals surface area contributed by atoms with E-state index in [1.165, 1.54) is 39.1 Å². The van der Waals surface area contributed by atoms with Crippen LogP contribution in [0.4, 0.5) is 5.69 Å². The maximum absolute atomic E-state index is 4.10. The van der Waals surface area contributed by atoms with Gasteiger partial charge in [0.1, 0.15) is 0 Å². The van der Waals surface area contributed by atoms with Crippen LogP contribution in [-0.4, -0.2) is 5.54 Å². The molecule has 3 aromatic carbocycles. The van der Waals surface area contributed by atoms with Crippen LogP contribution in [0.1, 0.15) is 85.4 Å². The van der Waals surface area contributed by atoms with Crippen molar-refractivity contribution in [2.24, 2.45) is 5.41 Å². The van der Waals surface area contributed by atoms with Crippen LogP contribution in [0.3, 0.4) is 0 Å². The zero-order valence-electron chi connectivity index (χ0n) is 24.4. The molecule has 1 nitrogen and oxygen atoms in total. The Labute approximate surface area is 225 Å². The van der Waals surface area contributed by atoms with Crippen LogP contribution in [-0.2, 0) is 10.8 Å². The van der Waals surface area contributed by atoms with Gasteiger partial charge in [-0.15, -0.1) is 0 Å². The van der Waals surface area contributed by atoms with Crippen molar-refractivity contribution in [2.75, 3.05) is 5.32 Å². The molecule has 1 N–H and O–H groups in total. The first kappa shape index (κ1) is 27.0. The van der Waals surface area contributed by atoms with Crippen LogP contribution in [0, 0.1) is 5.41 Å². The molecular weight excluding hydrogens is 446 g/mol. The molecule has 0 heterocycles. The first-order chi connectivity index (χ1) is 17.2. The summed E-state index contributed by atoms with van der Waals surface area (Å²) >= 11 is 0. The molecule has 1 unspecified atom stereocenters. The van der Waals surface area contributed by atoms with Gasteiger partial charge in [0.05, 0.1) is 5.54 Å². The van der Waals surface area contributed by atoms with Crippen LogP contribution in [0.25, 0.3) is 16.7 Å². The van der Waals surface area contributed by atoms with E-state index >= 15 is 0 Å². The highest BCUT2D eigenvalue weighted by atomic mass is 15.0. The van der Waals surface area contributed by atoms with E-state index in [0.29, 0.717) is 0 Å². The summed E-state index contributed by atoms with van der Waals surface area (Å²) in [5.41, 5.74) is 9.07. The summed E-state index contributed by atoms with van der Waals surface area (Å²) in [5.74, 6) is 0. The first-order valence-corrected chi connectivity index (χ1v) is 13.7. The number of anilines is 1. The smallest absolute Gasteiger partial charge is 0.0648 e. The molecule has 3 aromatic rings. The average molecular weight is 492 g/mol. The second-order valence-electron chi connectivity index (χ2n) is 13.8. The van der Waals surface area contributed by atoms with Crippen molar-refractivity contribution in [3.63, 3.8) is 0 Å². The Balaban J connectivity index is 1.79. The lowest BCUT2D eigenvalue weighted by atomic mass is 9.67. The number of benzene rings is 3. The highest BCUT2D eigenvalue weighted by Gasteiger charge is 2.42. The Bertz CT molecular complexity index is 1300. The van der Waals surface area contributed by atoms with Gasteiger partial charge < -0.3 is 5.32 Å². The Morgan fingerprint density at radius 3 is 1.89 bits per heavy atom. The number of hydrogen-bond acceptors (Lipinski definition) is 1. The maximum Gasteiger partial charge on any atom is 0.0648 e. The average Bonchev–Trinajstić information content (AvgIpc) is 2.83. The number of hydrogen-bond donors (Lipinski definition) is 1. The Morgan fingerprint density at radius 2 is 1.27 bits per heavy atom. The molecule has 1 aliphatic rings. The van der Waals surface area contributed by atoms with Gasteiger partial charge >= 0.3 is 0 Å². The van der Waals surface area contributed by atoms with Gasteiger partial charge in [-0.1, -0.05) is 141 Å². The van der Waals surface area contributed by atoms with Gasteiger partial charge in [0.2, 0.25) is 0 Å². The van der Waals surface area contributed by atoms with Crippen molar-refractivity contribution in [2.45, 2.75) is 85.1 Å². The minimum absolute atomic E-state index is 0.0126. The number of allylic oxidation sites excluding steroid dienone is 2. The molecule has 1 aliphatic carbocycles. The fourth-order valence-electron chi connectivity index (χ4n) is 5.14. The van der Waals surface area contributed by atoms with Gasteiger partial charge in [-0.3, -0.25) is 0 Å². The summed E-state index contributed by atoms with van der Waals surface area (Å²) in [5, 5.41) is 4.10. The van der Waals surface area contributed by atoms with Gasteiger partial charge in [-0.25, -0.2) is 0 Å². The third-order valence-electron chi connectivity index (χ3n) is 7.91. The predicted molar refractivity (Wildman–Crippen MR) is 163 cm³/mol. The van der Waals surface area contributed by atoms with Crippen LogP contribution >= 0.6 is 0 Å². The zero-order chi connectivity index (χ0) is 27.1. The molecule has 0 saturated carbocycles. The predicted octanol–water partition coefficient (Wildman–Crippen LogP) is 10.2. The molecule has 0 bridgehead atoms. The van der Waals surface area contributed by atoms with E-state index in [0.717, 1.165) is 6.42 Å². The maximum atomic E-state index is 4.10. The minimum atomic E-state index is -0.235. The summed E-state index contributed by atoms with van der Waals surface area (Å²) < 4.78 is 0. The van der Waals surface area contributed by atoms with Gasteiger partial charge in [0.25, 0.3) is 0 Å². The molecule has 0 amide bonds. The molecule has 0 aliphatic heterocycles. The van der Waals surface area contributed by atoms with Crippen LogP contribution < -0.4 is 5.32 Å². The highest BCUT2D eigenvalue weighted by molar-refractivity contribution is 5.81. The standard InChI is InChI=1S/C36H45N/c1-33(2,3)29-19-13-17-27(23-29)28-18-14-22-36(25-28,35(7,8)9)37-32-21-20-30(34(4,5)6)24-31(32)26-15-11-10-12-16-26/h10-24,37H,25H2,1-9H3. The van der Waals surface area contributed by atoms with Crippen LogP contribution in [0.15, 0.2) is 91.0 Å². The highest BCUT2D eigenvalue weighted by Crippen LogP contribution is 2.46. The molecule has 1 heteroatoms. The Kier molecular flexibility index (Phi) is 7.06. The second kappa shape index (κ2) is 9.67. The van der Waals surface area contributed by atoms with E-state index in [2.05, 4.69) is 159 Å². The van der Waals surface area contributed by atoms with Crippen molar-refractivity contribution in [3.8, 4) is 11.1 Å². The topological polar surface area (TPSA) is 12.0 Å². The summed E-state index contributed by atoms with van der Waals surface area (Å²) in [6, 6.07) is 26.9. The summed E-state index contributed by atoms with van der Waals surface area (Å²) in [6.07, 6.45) is 7.87. The largest absolute Gasteiger partial charge is 0.375 e. The van der Waals surface area contributed by atoms with E-state index in [4.69, 9.17) is 0 Å². The number of rotatable bonds is 4. The van der Waals surface area contributed by atoms with Crippen molar-refractivity contribution >= 4 is 11.3 Å². The molecular formula is C36H45N. The fraction of sp³-hybridized carbons (Fsp3) is 0.389. The first-order valence-electron chi connectivity index (χ1n) is 13.7. The zero-order valence-corrected chi connectivity index (χ0v) is 24.4. The van der Waals surface area contributed by atoms with Gasteiger partial charge in [-0.2, -0.15) is 0 Å². The molecule has 0 spiro atoms. The normalized spacial score (nSPS) is 18.5. The van der Waals surface area contributed by atoms with Crippen molar-refractivity contribution in [1.82, 2.24) is 0 Å². The monoisotopic (exact) mass is 491 g/mol. The molecule has 0 aromatic heterocycles. The minimum Gasteiger partial charge on any atom is -0.375 e. The molecule has 37 heavy (non-hydrogen) atoms. The van der Waals surface area contributed by atoms with Crippen molar-refractivity contribution < 1.29 is 0 Å². The van der Waals surface area contributed by atoms with Gasteiger partial charge in [0, 0.05) is 17.7 Å². The van der Waals surface area contributed by atoms with E-state index in [1.807, 2.05) is 0 Å². The Hall–Kier alpha value is -3.06. The van der Waals surface area contributed by atoms with E-state index < -0.39 is 0 Å². The molecule has 4 rings (SSSR count).